The largest absolute Gasteiger partial charge is 0.415 e. The number of carbonyl (C=O) groups excluding carboxylic acids is 2. The molecule has 2 amide bonds. The van der Waals surface area contributed by atoms with Gasteiger partial charge in [0.25, 0.3) is 5.56 Å². The number of rotatable bonds is 6. The van der Waals surface area contributed by atoms with Crippen molar-refractivity contribution < 1.29 is 19.1 Å². The number of nitrogens with zero attached hydrogens (tertiary/aromatic N) is 3. The summed E-state index contributed by atoms with van der Waals surface area (Å²) in [6.45, 7) is 2.38. The third-order valence-electron chi connectivity index (χ3n) is 6.55. The number of nitrogens with one attached hydrogen (secondary N) is 1. The maximum Gasteiger partial charge on any atom is 0.415 e. The van der Waals surface area contributed by atoms with Crippen molar-refractivity contribution in [3.8, 4) is 17.1 Å². The minimum absolute atomic E-state index is 0.0147. The second-order valence-corrected chi connectivity index (χ2v) is 12.6. The van der Waals surface area contributed by atoms with Crippen molar-refractivity contribution in [3.63, 3.8) is 0 Å². The zero-order chi connectivity index (χ0) is 27.4. The Morgan fingerprint density at radius 3 is 2.67 bits per heavy atom. The van der Waals surface area contributed by atoms with Crippen molar-refractivity contribution in [2.75, 3.05) is 44.4 Å². The lowest BCUT2D eigenvalue weighted by molar-refractivity contribution is -0.135. The normalized spacial score (nSPS) is 17.7. The second-order valence-electron chi connectivity index (χ2n) is 9.07. The predicted octanol–water partition coefficient (Wildman–Crippen LogP) is 5.10. The molecule has 1 N–H and O–H groups in total. The molecule has 2 saturated heterocycles. The van der Waals surface area contributed by atoms with Crippen molar-refractivity contribution in [2.45, 2.75) is 18.9 Å². The van der Waals surface area contributed by atoms with Crippen LogP contribution in [0.15, 0.2) is 41.2 Å². The Hall–Kier alpha value is -2.44. The monoisotopic (exact) mass is 608 g/mol. The number of H-pyrrole nitrogens is 1. The molecule has 1 aromatic heterocycles. The Morgan fingerprint density at radius 1 is 1.13 bits per heavy atom. The fraction of sp³-hybridized carbons (Fsp3) is 0.385. The summed E-state index contributed by atoms with van der Waals surface area (Å²) in [4.78, 5) is 49.9. The average molecular weight is 610 g/mol. The van der Waals surface area contributed by atoms with E-state index in [-0.39, 0.29) is 42.0 Å². The summed E-state index contributed by atoms with van der Waals surface area (Å²) in [5.41, 5.74) is 0.424. The van der Waals surface area contributed by atoms with Crippen LogP contribution in [0, 0.1) is 0 Å². The summed E-state index contributed by atoms with van der Waals surface area (Å²) in [5, 5.41) is 1.15. The molecule has 1 atom stereocenters. The molecule has 0 bridgehead atoms. The molecular weight excluding hydrogens is 583 g/mol. The number of fused-ring (bicyclic) bond motifs is 1. The second kappa shape index (κ2) is 12.8. The minimum Gasteiger partial charge on any atom is -0.409 e. The van der Waals surface area contributed by atoms with Gasteiger partial charge in [0.15, 0.2) is 0 Å². The number of benzene rings is 2. The topological polar surface area (TPSA) is 105 Å². The highest BCUT2D eigenvalue weighted by Gasteiger charge is 2.30. The van der Waals surface area contributed by atoms with E-state index in [1.807, 2.05) is 0 Å². The van der Waals surface area contributed by atoms with Crippen LogP contribution in [0.3, 0.4) is 0 Å². The van der Waals surface area contributed by atoms with E-state index >= 15 is 0 Å². The van der Waals surface area contributed by atoms with Gasteiger partial charge in [-0.25, -0.2) is 9.78 Å². The molecule has 3 heterocycles. The molecule has 0 radical (unpaired) electrons. The Labute approximate surface area is 242 Å². The number of hydrogen-bond donors (Lipinski definition) is 1. The van der Waals surface area contributed by atoms with Gasteiger partial charge in [-0.15, -0.1) is 0 Å². The van der Waals surface area contributed by atoms with Crippen molar-refractivity contribution in [1.82, 2.24) is 19.8 Å². The minimum atomic E-state index is -0.569. The molecule has 0 unspecified atom stereocenters. The molecule has 0 saturated carbocycles. The lowest BCUT2D eigenvalue weighted by Crippen LogP contribution is -2.47. The Bertz CT molecular complexity index is 1430. The van der Waals surface area contributed by atoms with E-state index in [1.165, 1.54) is 0 Å². The molecule has 2 fully saturated rings. The summed E-state index contributed by atoms with van der Waals surface area (Å²) in [6.07, 6.45) is 0.424. The van der Waals surface area contributed by atoms with Crippen molar-refractivity contribution in [2.24, 2.45) is 0 Å². The quantitative estimate of drug-likeness (QED) is 0.385. The highest BCUT2D eigenvalue weighted by Crippen LogP contribution is 2.34. The molecular formula is C26H26Cl2N4O5S2. The van der Waals surface area contributed by atoms with Crippen LogP contribution in [0.1, 0.15) is 12.8 Å². The van der Waals surface area contributed by atoms with Gasteiger partial charge in [-0.3, -0.25) is 9.59 Å². The van der Waals surface area contributed by atoms with E-state index in [0.717, 1.165) is 17.9 Å². The number of aromatic amines is 1. The first-order valence-electron chi connectivity index (χ1n) is 12.5. The Kier molecular flexibility index (Phi) is 9.24. The maximum absolute atomic E-state index is 13.6. The summed E-state index contributed by atoms with van der Waals surface area (Å²) < 4.78 is 11.2. The van der Waals surface area contributed by atoms with Gasteiger partial charge in [0, 0.05) is 53.6 Å². The van der Waals surface area contributed by atoms with Gasteiger partial charge in [0.2, 0.25) is 5.91 Å². The van der Waals surface area contributed by atoms with Crippen LogP contribution in [-0.4, -0.2) is 82.2 Å². The SMILES string of the molecule is O=C(CCN(C(=O)Oc1ccc(Cl)cc1-c1nc2ccc(Cl)cc2c(=O)[nH]1)[C@H]1CCSSC1)N1CCOCC1. The van der Waals surface area contributed by atoms with E-state index in [4.69, 9.17) is 32.7 Å². The number of aromatic nitrogens is 2. The summed E-state index contributed by atoms with van der Waals surface area (Å²) >= 11 is 12.3. The molecule has 2 aromatic carbocycles. The standard InChI is InChI=1S/C26H26Cl2N4O5S2/c27-16-1-3-21-19(13-16)25(34)30-24(29-21)20-14-17(28)2-4-22(20)37-26(35)32(18-6-12-38-39-15-18)7-5-23(33)31-8-10-36-11-9-31/h1-4,13-14,18H,5-12,15H2,(H,29,30,34)/t18-/m0/s1. The lowest BCUT2D eigenvalue weighted by atomic mass is 10.1. The number of carbonyl (C=O) groups is 2. The molecule has 13 heteroatoms. The van der Waals surface area contributed by atoms with E-state index in [0.29, 0.717) is 52.8 Å². The first-order valence-corrected chi connectivity index (χ1v) is 15.7. The van der Waals surface area contributed by atoms with E-state index in [2.05, 4.69) is 9.97 Å². The van der Waals surface area contributed by atoms with Crippen LogP contribution >= 0.6 is 44.8 Å². The van der Waals surface area contributed by atoms with Crippen LogP contribution in [0.5, 0.6) is 5.75 Å². The molecule has 2 aliphatic rings. The molecule has 9 nitrogen and oxygen atoms in total. The number of ether oxygens (including phenoxy) is 2. The van der Waals surface area contributed by atoms with Crippen molar-refractivity contribution in [3.05, 3.63) is 56.8 Å². The van der Waals surface area contributed by atoms with Crippen LogP contribution < -0.4 is 10.3 Å². The number of hydrogen-bond acceptors (Lipinski definition) is 8. The van der Waals surface area contributed by atoms with Crippen molar-refractivity contribution >= 4 is 67.7 Å². The van der Waals surface area contributed by atoms with E-state index < -0.39 is 6.09 Å². The third-order valence-corrected chi connectivity index (χ3v) is 9.51. The molecule has 3 aromatic rings. The van der Waals surface area contributed by atoms with E-state index in [1.54, 1.807) is 67.8 Å². The third kappa shape index (κ3) is 6.83. The maximum atomic E-state index is 13.6. The van der Waals surface area contributed by atoms with Gasteiger partial charge in [0.05, 0.1) is 29.7 Å². The Morgan fingerprint density at radius 2 is 1.90 bits per heavy atom. The van der Waals surface area contributed by atoms with Gasteiger partial charge in [-0.2, -0.15) is 0 Å². The summed E-state index contributed by atoms with van der Waals surface area (Å²) in [6, 6.07) is 9.54. The molecule has 2 aliphatic heterocycles. The van der Waals surface area contributed by atoms with Crippen LogP contribution in [0.2, 0.25) is 10.0 Å². The van der Waals surface area contributed by atoms with Gasteiger partial charge in [-0.05, 0) is 42.8 Å². The summed E-state index contributed by atoms with van der Waals surface area (Å²) in [7, 11) is 3.47. The molecule has 5 rings (SSSR count). The Balaban J connectivity index is 1.40. The van der Waals surface area contributed by atoms with E-state index in [9.17, 15) is 14.4 Å². The van der Waals surface area contributed by atoms with Gasteiger partial charge >= 0.3 is 6.09 Å². The highest BCUT2D eigenvalue weighted by molar-refractivity contribution is 8.76. The number of morpholine rings is 1. The highest BCUT2D eigenvalue weighted by atomic mass is 35.5. The predicted molar refractivity (Wildman–Crippen MR) is 156 cm³/mol. The van der Waals surface area contributed by atoms with Crippen LogP contribution in [0.4, 0.5) is 4.79 Å². The molecule has 0 spiro atoms. The van der Waals surface area contributed by atoms with Crippen molar-refractivity contribution in [1.29, 1.82) is 0 Å². The molecule has 206 valence electrons. The number of halogens is 2. The first-order chi connectivity index (χ1) is 18.9. The molecule has 39 heavy (non-hydrogen) atoms. The fourth-order valence-corrected chi connectivity index (χ4v) is 7.31. The van der Waals surface area contributed by atoms with Crippen LogP contribution in [0.25, 0.3) is 22.3 Å². The molecule has 0 aliphatic carbocycles. The summed E-state index contributed by atoms with van der Waals surface area (Å²) in [5.74, 6) is 2.02. The van der Waals surface area contributed by atoms with Crippen LogP contribution in [-0.2, 0) is 9.53 Å². The fourth-order valence-electron chi connectivity index (χ4n) is 4.48. The smallest absolute Gasteiger partial charge is 0.409 e. The lowest BCUT2D eigenvalue weighted by Gasteiger charge is -2.34. The average Bonchev–Trinajstić information content (AvgIpc) is 2.95. The van der Waals surface area contributed by atoms with Gasteiger partial charge in [-0.1, -0.05) is 44.8 Å². The zero-order valence-electron chi connectivity index (χ0n) is 20.9. The van der Waals surface area contributed by atoms with Gasteiger partial charge < -0.3 is 24.3 Å². The van der Waals surface area contributed by atoms with Gasteiger partial charge in [0.1, 0.15) is 11.6 Å². The number of amides is 2. The zero-order valence-corrected chi connectivity index (χ0v) is 24.0. The first kappa shape index (κ1) is 28.1.